The van der Waals surface area contributed by atoms with Crippen LogP contribution in [0, 0.1) is 0 Å². The molecule has 2 aromatic heterocycles. The lowest BCUT2D eigenvalue weighted by Crippen LogP contribution is -2.71. The summed E-state index contributed by atoms with van der Waals surface area (Å²) in [5.74, 6) is -3.18. The third kappa shape index (κ3) is 6.46. The molecule has 0 aliphatic carbocycles. The molecule has 218 valence electrons. The smallest absolute Gasteiger partial charge is 0.345 e. The van der Waals surface area contributed by atoms with Crippen LogP contribution in [0.5, 0.6) is 0 Å². The molecule has 1 fully saturated rings. The van der Waals surface area contributed by atoms with Crippen LogP contribution in [0.15, 0.2) is 32.9 Å². The summed E-state index contributed by atoms with van der Waals surface area (Å²) in [6.07, 6.45) is -1.24. The number of amides is 2. The molecule has 0 saturated carbocycles. The van der Waals surface area contributed by atoms with Gasteiger partial charge in [0.25, 0.3) is 11.8 Å². The van der Waals surface area contributed by atoms with Gasteiger partial charge < -0.3 is 42.4 Å². The van der Waals surface area contributed by atoms with Gasteiger partial charge in [0.1, 0.15) is 23.2 Å². The van der Waals surface area contributed by atoms with Gasteiger partial charge in [0, 0.05) is 23.0 Å². The van der Waals surface area contributed by atoms with Crippen molar-refractivity contribution >= 4 is 81.2 Å². The summed E-state index contributed by atoms with van der Waals surface area (Å²) >= 11 is 3.50. The van der Waals surface area contributed by atoms with E-state index in [-0.39, 0.29) is 46.1 Å². The summed E-state index contributed by atoms with van der Waals surface area (Å²) in [4.78, 5) is 63.8. The second kappa shape index (κ2) is 12.2. The van der Waals surface area contributed by atoms with Crippen molar-refractivity contribution in [3.8, 4) is 0 Å². The average Bonchev–Trinajstić information content (AvgIpc) is 3.33. The van der Waals surface area contributed by atoms with E-state index in [1.54, 1.807) is 13.1 Å². The molecule has 0 aromatic carbocycles. The monoisotopic (exact) mass is 623 g/mol. The first-order valence-electron chi connectivity index (χ1n) is 11.8. The summed E-state index contributed by atoms with van der Waals surface area (Å²) in [5.41, 5.74) is 17.3. The topological polar surface area (TPSA) is 256 Å². The minimum absolute atomic E-state index is 0.0615. The van der Waals surface area contributed by atoms with Crippen molar-refractivity contribution in [2.24, 2.45) is 12.2 Å². The van der Waals surface area contributed by atoms with E-state index in [9.17, 15) is 24.3 Å². The van der Waals surface area contributed by atoms with Crippen molar-refractivity contribution in [2.75, 3.05) is 28.7 Å². The molecular formula is C22H25N9O7S3. The maximum atomic E-state index is 13.2. The van der Waals surface area contributed by atoms with E-state index in [0.717, 1.165) is 16.2 Å². The highest BCUT2D eigenvalue weighted by atomic mass is 32.2. The van der Waals surface area contributed by atoms with Gasteiger partial charge in [0.15, 0.2) is 21.7 Å². The number of anilines is 3. The first kappa shape index (κ1) is 29.9. The zero-order chi connectivity index (χ0) is 30.0. The molecule has 19 heteroatoms. The number of fused-ring (bicyclic) bond motifs is 1. The molecule has 0 bridgehead atoms. The van der Waals surface area contributed by atoms with E-state index in [2.05, 4.69) is 20.4 Å². The number of hydrogen-bond acceptors (Lipinski definition) is 15. The SMILES string of the molecule is CC(CC(=O)O)O/N=C(\C(=O)N[C@@H]1C(=O)N2C(C(=O)[O-])=C(CSc3cc(N)[n+](C)c(N)n3)CS[C@H]12)c1csc(N)n1. The number of nitrogens with two attached hydrogens (primary N) is 3. The molecule has 0 spiro atoms. The van der Waals surface area contributed by atoms with E-state index >= 15 is 0 Å². The molecule has 3 atom stereocenters. The van der Waals surface area contributed by atoms with Crippen LogP contribution in [0.25, 0.3) is 0 Å². The molecule has 2 aliphatic heterocycles. The number of oxime groups is 1. The fourth-order valence-electron chi connectivity index (χ4n) is 3.83. The number of aliphatic carboxylic acids is 2. The predicted octanol–water partition coefficient (Wildman–Crippen LogP) is -2.11. The van der Waals surface area contributed by atoms with Crippen molar-refractivity contribution in [1.29, 1.82) is 0 Å². The normalized spacial score (nSPS) is 19.3. The molecule has 2 amide bonds. The number of hydrogen-bond donors (Lipinski definition) is 5. The van der Waals surface area contributed by atoms with Crippen molar-refractivity contribution < 1.29 is 38.8 Å². The molecule has 41 heavy (non-hydrogen) atoms. The predicted molar refractivity (Wildman–Crippen MR) is 148 cm³/mol. The fraction of sp³-hybridized carbons (Fsp3) is 0.364. The second-order valence-corrected chi connectivity index (χ2v) is 11.8. The van der Waals surface area contributed by atoms with Crippen molar-refractivity contribution in [3.05, 3.63) is 28.4 Å². The number of carbonyl (C=O) groups excluding carboxylic acids is 3. The number of thiazole rings is 1. The van der Waals surface area contributed by atoms with Crippen LogP contribution in [-0.2, 0) is 31.1 Å². The Bertz CT molecular complexity index is 1460. The van der Waals surface area contributed by atoms with Gasteiger partial charge in [-0.15, -0.1) is 28.1 Å². The second-order valence-electron chi connectivity index (χ2n) is 8.85. The highest BCUT2D eigenvalue weighted by Crippen LogP contribution is 2.41. The highest BCUT2D eigenvalue weighted by Gasteiger charge is 2.53. The number of thioether (sulfide) groups is 2. The van der Waals surface area contributed by atoms with Crippen LogP contribution in [0.1, 0.15) is 19.0 Å². The molecule has 2 aromatic rings. The molecule has 1 unspecified atom stereocenters. The molecule has 1 saturated heterocycles. The highest BCUT2D eigenvalue weighted by molar-refractivity contribution is 8.01. The van der Waals surface area contributed by atoms with Crippen LogP contribution in [0.2, 0.25) is 0 Å². The van der Waals surface area contributed by atoms with Crippen LogP contribution in [0.3, 0.4) is 0 Å². The Morgan fingerprint density at radius 2 is 2.10 bits per heavy atom. The zero-order valence-electron chi connectivity index (χ0n) is 21.6. The number of rotatable bonds is 11. The molecule has 0 radical (unpaired) electrons. The number of aromatic nitrogens is 3. The van der Waals surface area contributed by atoms with Crippen LogP contribution in [-0.4, -0.2) is 78.5 Å². The summed E-state index contributed by atoms with van der Waals surface area (Å²) in [6, 6.07) is 0.518. The van der Waals surface area contributed by atoms with E-state index in [1.165, 1.54) is 40.4 Å². The Kier molecular flexibility index (Phi) is 8.88. The Hall–Kier alpha value is -4.10. The molecule has 2 aliphatic rings. The largest absolute Gasteiger partial charge is 0.543 e. The first-order valence-corrected chi connectivity index (χ1v) is 14.7. The molecule has 8 N–H and O–H groups in total. The lowest BCUT2D eigenvalue weighted by molar-refractivity contribution is -0.645. The number of β-lactam (4-membered cyclic amide) rings is 1. The van der Waals surface area contributed by atoms with E-state index in [4.69, 9.17) is 27.1 Å². The standard InChI is InChI=1S/C22H25N9O7S3/c1-8(3-13(32)33)38-29-14(10-7-41-22(25)26-10)17(34)28-15-18(35)31-16(20(36)37)9(6-40-19(15)31)5-39-12-4-11(23)30(2)21(24)27-12/h4,7-8,15,19H,3,5-6H2,1-2H3,(H8,23,24,25,26,27,28,32,33,34,36,37)/b29-14-/t8?,15-,19-/m1/s1. The summed E-state index contributed by atoms with van der Waals surface area (Å²) in [6.45, 7) is 1.45. The maximum absolute atomic E-state index is 13.2. The Labute approximate surface area is 245 Å². The number of carbonyl (C=O) groups is 4. The Morgan fingerprint density at radius 1 is 1.37 bits per heavy atom. The number of nitrogen functional groups attached to an aromatic ring is 3. The molecule has 16 nitrogen and oxygen atoms in total. The van der Waals surface area contributed by atoms with Gasteiger partial charge in [-0.2, -0.15) is 0 Å². The van der Waals surface area contributed by atoms with Crippen LogP contribution >= 0.6 is 34.9 Å². The fourth-order valence-corrected chi connectivity index (χ4v) is 6.78. The number of carboxylic acid groups (broad SMARTS) is 2. The summed E-state index contributed by atoms with van der Waals surface area (Å²) in [5, 5.41) is 28.7. The third-order valence-corrected chi connectivity index (χ3v) is 8.93. The molecular weight excluding hydrogens is 598 g/mol. The minimum atomic E-state index is -1.53. The lowest BCUT2D eigenvalue weighted by Gasteiger charge is -2.50. The van der Waals surface area contributed by atoms with Crippen molar-refractivity contribution in [3.63, 3.8) is 0 Å². The van der Waals surface area contributed by atoms with Crippen LogP contribution < -0.4 is 32.2 Å². The maximum Gasteiger partial charge on any atom is 0.345 e. The van der Waals surface area contributed by atoms with E-state index in [1.807, 2.05) is 0 Å². The van der Waals surface area contributed by atoms with Crippen molar-refractivity contribution in [1.82, 2.24) is 20.2 Å². The average molecular weight is 624 g/mol. The van der Waals surface area contributed by atoms with Gasteiger partial charge in [-0.1, -0.05) is 16.9 Å². The van der Waals surface area contributed by atoms with Gasteiger partial charge in [0.05, 0.1) is 25.1 Å². The molecule has 4 rings (SSSR count). The number of nitrogens with zero attached hydrogens (tertiary/aromatic N) is 5. The number of nitrogens with one attached hydrogen (secondary N) is 1. The minimum Gasteiger partial charge on any atom is -0.543 e. The van der Waals surface area contributed by atoms with Gasteiger partial charge in [0.2, 0.25) is 0 Å². The quantitative estimate of drug-likeness (QED) is 0.0448. The van der Waals surface area contributed by atoms with Gasteiger partial charge in [-0.3, -0.25) is 19.3 Å². The van der Waals surface area contributed by atoms with Crippen molar-refractivity contribution in [2.45, 2.75) is 35.9 Å². The Morgan fingerprint density at radius 3 is 2.71 bits per heavy atom. The Balaban J connectivity index is 1.50. The van der Waals surface area contributed by atoms with Gasteiger partial charge in [-0.25, -0.2) is 9.55 Å². The number of carboxylic acids is 2. The summed E-state index contributed by atoms with van der Waals surface area (Å²) < 4.78 is 1.49. The summed E-state index contributed by atoms with van der Waals surface area (Å²) in [7, 11) is 1.65. The van der Waals surface area contributed by atoms with E-state index < -0.39 is 41.3 Å². The van der Waals surface area contributed by atoms with Gasteiger partial charge in [-0.05, 0) is 12.5 Å². The van der Waals surface area contributed by atoms with Crippen LogP contribution in [0.4, 0.5) is 16.9 Å². The third-order valence-electron chi connectivity index (χ3n) is 5.91. The lowest BCUT2D eigenvalue weighted by atomic mass is 10.0. The first-order chi connectivity index (χ1) is 19.4. The zero-order valence-corrected chi connectivity index (χ0v) is 24.0. The molecule has 4 heterocycles. The van der Waals surface area contributed by atoms with Gasteiger partial charge >= 0.3 is 11.9 Å². The van der Waals surface area contributed by atoms with E-state index in [0.29, 0.717) is 16.4 Å².